The van der Waals surface area contributed by atoms with Crippen molar-refractivity contribution in [2.75, 3.05) is 20.2 Å². The third-order valence-electron chi connectivity index (χ3n) is 5.84. The van der Waals surface area contributed by atoms with E-state index in [-0.39, 0.29) is 18.7 Å². The Balaban J connectivity index is 2.17. The maximum atomic E-state index is 10.1. The van der Waals surface area contributed by atoms with Crippen LogP contribution in [0.1, 0.15) is 38.3 Å². The lowest BCUT2D eigenvalue weighted by molar-refractivity contribution is 0.318. The van der Waals surface area contributed by atoms with Gasteiger partial charge in [0.15, 0.2) is 0 Å². The number of hydrogen-bond acceptors (Lipinski definition) is 6. The lowest BCUT2D eigenvalue weighted by Crippen LogP contribution is -2.35. The summed E-state index contributed by atoms with van der Waals surface area (Å²) < 4.78 is 0. The standard InChI is InChI=1S/C26H33ClN6O/c1-6-24(30-21-11-12-21)25(23(28)16-34)26(19-7-9-20(27)10-8-19)32(5)22-13-17(2)14-33(15-22)18(3)31-29-4/h6-10,13,15,21,26,34H,1,4,11-12,14,16,28H2,2-3,5H3/b25-23?,30-24?,31-18-. The van der Waals surface area contributed by atoms with Crippen LogP contribution in [0.4, 0.5) is 0 Å². The van der Waals surface area contributed by atoms with Crippen molar-refractivity contribution in [1.29, 1.82) is 0 Å². The van der Waals surface area contributed by atoms with Crippen LogP contribution in [0.5, 0.6) is 0 Å². The minimum absolute atomic E-state index is 0.266. The molecule has 1 atom stereocenters. The first-order valence-electron chi connectivity index (χ1n) is 11.2. The van der Waals surface area contributed by atoms with Crippen LogP contribution in [0, 0.1) is 0 Å². The summed E-state index contributed by atoms with van der Waals surface area (Å²) in [5.74, 6) is 0.740. The monoisotopic (exact) mass is 480 g/mol. The first-order valence-corrected chi connectivity index (χ1v) is 11.6. The normalized spacial score (nSPS) is 18.6. The van der Waals surface area contributed by atoms with Gasteiger partial charge >= 0.3 is 0 Å². The molecule has 1 saturated carbocycles. The number of likely N-dealkylation sites (N-methyl/N-ethyl adjacent to an activating group) is 1. The maximum absolute atomic E-state index is 10.1. The second kappa shape index (κ2) is 11.3. The molecule has 1 fully saturated rings. The summed E-state index contributed by atoms with van der Waals surface area (Å²) in [6, 6.07) is 7.57. The number of aliphatic hydroxyl groups is 1. The van der Waals surface area contributed by atoms with Gasteiger partial charge in [0.1, 0.15) is 5.84 Å². The maximum Gasteiger partial charge on any atom is 0.128 e. The van der Waals surface area contributed by atoms with Crippen LogP contribution in [0.15, 0.2) is 86.9 Å². The van der Waals surface area contributed by atoms with Crippen LogP contribution in [0.3, 0.4) is 0 Å². The molecule has 3 rings (SSSR count). The zero-order chi connectivity index (χ0) is 24.8. The molecule has 0 saturated heterocycles. The largest absolute Gasteiger partial charge is 0.400 e. The molecule has 3 N–H and O–H groups in total. The molecule has 34 heavy (non-hydrogen) atoms. The number of nitrogens with two attached hydrogens (primary N) is 1. The van der Waals surface area contributed by atoms with Gasteiger partial charge in [0.2, 0.25) is 0 Å². The van der Waals surface area contributed by atoms with Crippen LogP contribution in [-0.4, -0.2) is 59.4 Å². The number of nitrogens with zero attached hydrogens (tertiary/aromatic N) is 5. The van der Waals surface area contributed by atoms with Gasteiger partial charge in [-0.05, 0) is 56.5 Å². The van der Waals surface area contributed by atoms with Gasteiger partial charge in [-0.1, -0.05) is 35.9 Å². The molecule has 0 aromatic heterocycles. The highest BCUT2D eigenvalue weighted by atomic mass is 35.5. The Morgan fingerprint density at radius 3 is 2.59 bits per heavy atom. The van der Waals surface area contributed by atoms with Gasteiger partial charge in [-0.25, -0.2) is 0 Å². The van der Waals surface area contributed by atoms with Gasteiger partial charge < -0.3 is 20.6 Å². The second-order valence-electron chi connectivity index (χ2n) is 8.57. The molecule has 2 aliphatic rings. The summed E-state index contributed by atoms with van der Waals surface area (Å²) in [6.45, 7) is 11.8. The molecule has 0 radical (unpaired) electrons. The van der Waals surface area contributed by atoms with Gasteiger partial charge in [0, 0.05) is 42.8 Å². The summed E-state index contributed by atoms with van der Waals surface area (Å²) in [5.41, 5.74) is 11.3. The van der Waals surface area contributed by atoms with Crippen LogP contribution >= 0.6 is 11.6 Å². The molecule has 0 bridgehead atoms. The number of aliphatic hydroxyl groups excluding tert-OH is 1. The van der Waals surface area contributed by atoms with Gasteiger partial charge in [-0.2, -0.15) is 5.10 Å². The number of aliphatic imine (C=N–C) groups is 1. The van der Waals surface area contributed by atoms with Crippen molar-refractivity contribution in [2.45, 2.75) is 38.8 Å². The van der Waals surface area contributed by atoms with E-state index < -0.39 is 0 Å². The smallest absolute Gasteiger partial charge is 0.128 e. The fourth-order valence-corrected chi connectivity index (χ4v) is 4.07. The van der Waals surface area contributed by atoms with E-state index in [4.69, 9.17) is 22.3 Å². The van der Waals surface area contributed by atoms with Crippen LogP contribution in [-0.2, 0) is 0 Å². The van der Waals surface area contributed by atoms with E-state index in [1.54, 1.807) is 6.08 Å². The summed E-state index contributed by atoms with van der Waals surface area (Å²) in [7, 11) is 2.00. The molecule has 180 valence electrons. The van der Waals surface area contributed by atoms with E-state index in [0.29, 0.717) is 23.0 Å². The quantitative estimate of drug-likeness (QED) is 0.310. The van der Waals surface area contributed by atoms with Crippen molar-refractivity contribution in [3.8, 4) is 0 Å². The Morgan fingerprint density at radius 1 is 1.35 bits per heavy atom. The van der Waals surface area contributed by atoms with Gasteiger partial charge in [-0.15, -0.1) is 5.10 Å². The van der Waals surface area contributed by atoms with Crippen molar-refractivity contribution in [2.24, 2.45) is 20.9 Å². The van der Waals surface area contributed by atoms with Crippen molar-refractivity contribution in [3.63, 3.8) is 0 Å². The Kier molecular flexibility index (Phi) is 8.47. The number of hydrogen-bond donors (Lipinski definition) is 2. The zero-order valence-electron chi connectivity index (χ0n) is 20.1. The fourth-order valence-electron chi connectivity index (χ4n) is 3.95. The number of benzene rings is 1. The SMILES string of the molecule is C=CC(=NC1CC1)C(=C(N)CO)C(c1ccc(Cl)cc1)N(C)C1=CN(/C(C)=N\N=C)CC(C)=C1. The lowest BCUT2D eigenvalue weighted by atomic mass is 9.91. The van der Waals surface area contributed by atoms with Crippen LogP contribution < -0.4 is 5.73 Å². The number of rotatable bonds is 9. The molecular weight excluding hydrogens is 448 g/mol. The Labute approximate surface area is 207 Å². The Bertz CT molecular complexity index is 1080. The van der Waals surface area contributed by atoms with Crippen molar-refractivity contribution < 1.29 is 5.11 Å². The van der Waals surface area contributed by atoms with Gasteiger partial charge in [-0.3, -0.25) is 4.99 Å². The van der Waals surface area contributed by atoms with Crippen molar-refractivity contribution in [3.05, 3.63) is 82.3 Å². The number of amidine groups is 1. The molecule has 7 nitrogen and oxygen atoms in total. The predicted octanol–water partition coefficient (Wildman–Crippen LogP) is 4.44. The third kappa shape index (κ3) is 6.04. The van der Waals surface area contributed by atoms with E-state index in [2.05, 4.69) is 41.4 Å². The van der Waals surface area contributed by atoms with Crippen molar-refractivity contribution >= 4 is 29.9 Å². The fraction of sp³-hybridized carbons (Fsp3) is 0.346. The first kappa shape index (κ1) is 25.5. The number of halogens is 1. The molecule has 8 heteroatoms. The van der Waals surface area contributed by atoms with E-state index in [0.717, 1.165) is 41.1 Å². The average Bonchev–Trinajstić information content (AvgIpc) is 3.65. The lowest BCUT2D eigenvalue weighted by Gasteiger charge is -2.37. The topological polar surface area (TPSA) is 89.8 Å². The molecular formula is C26H33ClN6O. The highest BCUT2D eigenvalue weighted by Crippen LogP contribution is 2.36. The van der Waals surface area contributed by atoms with Crippen molar-refractivity contribution in [1.82, 2.24) is 9.80 Å². The first-order chi connectivity index (χ1) is 16.3. The molecule has 1 unspecified atom stereocenters. The summed E-state index contributed by atoms with van der Waals surface area (Å²) in [4.78, 5) is 9.01. The number of allylic oxidation sites excluding steroid dienone is 2. The Hall–Kier alpha value is -3.16. The molecule has 1 aromatic carbocycles. The van der Waals surface area contributed by atoms with Crippen LogP contribution in [0.25, 0.3) is 0 Å². The molecule has 1 aliphatic heterocycles. The average molecular weight is 481 g/mol. The second-order valence-corrected chi connectivity index (χ2v) is 9.01. The zero-order valence-corrected chi connectivity index (χ0v) is 20.8. The predicted molar refractivity (Wildman–Crippen MR) is 142 cm³/mol. The summed E-state index contributed by atoms with van der Waals surface area (Å²) in [6.07, 6.45) is 7.97. The molecule has 1 aromatic rings. The molecule has 0 amide bonds. The van der Waals surface area contributed by atoms with Gasteiger partial charge in [0.25, 0.3) is 0 Å². The van der Waals surface area contributed by atoms with Gasteiger partial charge in [0.05, 0.1) is 30.1 Å². The van der Waals surface area contributed by atoms with E-state index in [9.17, 15) is 5.11 Å². The minimum Gasteiger partial charge on any atom is -0.400 e. The molecule has 1 aliphatic carbocycles. The third-order valence-corrected chi connectivity index (χ3v) is 6.09. The summed E-state index contributed by atoms with van der Waals surface area (Å²) >= 11 is 6.20. The minimum atomic E-state index is -0.343. The Morgan fingerprint density at radius 2 is 2.03 bits per heavy atom. The van der Waals surface area contributed by atoms with E-state index in [1.165, 1.54) is 0 Å². The summed E-state index contributed by atoms with van der Waals surface area (Å²) in [5, 5.41) is 18.5. The van der Waals surface area contributed by atoms with Crippen LogP contribution in [0.2, 0.25) is 5.02 Å². The highest BCUT2D eigenvalue weighted by molar-refractivity contribution is 6.30. The van der Waals surface area contributed by atoms with E-state index in [1.807, 2.05) is 49.3 Å². The molecule has 1 heterocycles. The molecule has 0 spiro atoms. The highest BCUT2D eigenvalue weighted by Gasteiger charge is 2.30. The van der Waals surface area contributed by atoms with E-state index >= 15 is 0 Å².